The molecule has 4 rings (SSSR count). The second-order valence-corrected chi connectivity index (χ2v) is 6.61. The number of aromatic nitrogens is 1. The van der Waals surface area contributed by atoms with E-state index >= 15 is 0 Å². The van der Waals surface area contributed by atoms with Crippen LogP contribution in [0.25, 0.3) is 10.9 Å². The van der Waals surface area contributed by atoms with Crippen LogP contribution in [0.4, 0.5) is 0 Å². The van der Waals surface area contributed by atoms with E-state index in [0.29, 0.717) is 19.7 Å². The van der Waals surface area contributed by atoms with E-state index in [1.165, 1.54) is 5.56 Å². The van der Waals surface area contributed by atoms with Crippen molar-refractivity contribution in [2.24, 2.45) is 0 Å². The average Bonchev–Trinajstić information content (AvgIpc) is 3.01. The van der Waals surface area contributed by atoms with E-state index in [-0.39, 0.29) is 12.0 Å². The summed E-state index contributed by atoms with van der Waals surface area (Å²) in [5, 5.41) is 1.02. The third kappa shape index (κ3) is 3.17. The number of amides is 1. The lowest BCUT2D eigenvalue weighted by Gasteiger charge is -2.31. The van der Waals surface area contributed by atoms with Crippen LogP contribution in [-0.4, -0.2) is 41.2 Å². The van der Waals surface area contributed by atoms with Crippen LogP contribution in [0.2, 0.25) is 0 Å². The molecule has 1 unspecified atom stereocenters. The maximum atomic E-state index is 13.1. The van der Waals surface area contributed by atoms with Crippen LogP contribution < -0.4 is 0 Å². The fourth-order valence-electron chi connectivity index (χ4n) is 3.50. The molecule has 0 N–H and O–H groups in total. The highest BCUT2D eigenvalue weighted by Gasteiger charge is 2.25. The van der Waals surface area contributed by atoms with Crippen molar-refractivity contribution in [1.82, 2.24) is 9.47 Å². The molecule has 0 saturated carbocycles. The van der Waals surface area contributed by atoms with Gasteiger partial charge in [-0.3, -0.25) is 4.79 Å². The molecule has 1 saturated heterocycles. The number of fused-ring (bicyclic) bond motifs is 1. The number of ether oxygens (including phenoxy) is 1. The first-order valence-corrected chi connectivity index (χ1v) is 8.75. The van der Waals surface area contributed by atoms with Gasteiger partial charge in [-0.2, -0.15) is 0 Å². The Morgan fingerprint density at radius 2 is 1.88 bits per heavy atom. The largest absolute Gasteiger partial charge is 0.375 e. The third-order valence-electron chi connectivity index (χ3n) is 4.74. The number of benzene rings is 2. The average molecular weight is 334 g/mol. The number of rotatable bonds is 3. The number of carbonyl (C=O) groups excluding carboxylic acids is 1. The van der Waals surface area contributed by atoms with Gasteiger partial charge in [-0.1, -0.05) is 48.5 Å². The molecule has 25 heavy (non-hydrogen) atoms. The predicted octanol–water partition coefficient (Wildman–Crippen LogP) is 3.55. The summed E-state index contributed by atoms with van der Waals surface area (Å²) >= 11 is 0. The smallest absolute Gasteiger partial charge is 0.256 e. The summed E-state index contributed by atoms with van der Waals surface area (Å²) in [6.45, 7) is 4.68. The Morgan fingerprint density at radius 1 is 1.12 bits per heavy atom. The molecule has 0 radical (unpaired) electrons. The van der Waals surface area contributed by atoms with E-state index in [9.17, 15) is 4.79 Å². The van der Waals surface area contributed by atoms with Gasteiger partial charge in [-0.25, -0.2) is 0 Å². The van der Waals surface area contributed by atoms with E-state index in [4.69, 9.17) is 4.74 Å². The van der Waals surface area contributed by atoms with Crippen molar-refractivity contribution in [3.8, 4) is 0 Å². The molecule has 4 heteroatoms. The number of nitrogens with zero attached hydrogens (tertiary/aromatic N) is 2. The van der Waals surface area contributed by atoms with Crippen LogP contribution in [0, 0.1) is 0 Å². The SMILES string of the molecule is CC1CN(C(=O)c2cn(Cc3ccccc3)c3ccccc23)CCO1. The van der Waals surface area contributed by atoms with Gasteiger partial charge >= 0.3 is 0 Å². The normalized spacial score (nSPS) is 17.8. The van der Waals surface area contributed by atoms with Crippen molar-refractivity contribution in [1.29, 1.82) is 0 Å². The topological polar surface area (TPSA) is 34.5 Å². The predicted molar refractivity (Wildman–Crippen MR) is 98.8 cm³/mol. The summed E-state index contributed by atoms with van der Waals surface area (Å²) in [5.74, 6) is 0.0955. The lowest BCUT2D eigenvalue weighted by atomic mass is 10.1. The number of morpholine rings is 1. The van der Waals surface area contributed by atoms with Crippen molar-refractivity contribution in [2.75, 3.05) is 19.7 Å². The summed E-state index contributed by atoms with van der Waals surface area (Å²) in [6, 6.07) is 18.5. The first-order chi connectivity index (χ1) is 12.2. The van der Waals surface area contributed by atoms with Gasteiger partial charge in [0.05, 0.1) is 18.3 Å². The molecular formula is C21H22N2O2. The van der Waals surface area contributed by atoms with Gasteiger partial charge < -0.3 is 14.2 Å². The molecule has 1 amide bonds. The summed E-state index contributed by atoms with van der Waals surface area (Å²) in [7, 11) is 0. The minimum Gasteiger partial charge on any atom is -0.375 e. The van der Waals surface area contributed by atoms with Gasteiger partial charge in [0.2, 0.25) is 0 Å². The van der Waals surface area contributed by atoms with Crippen LogP contribution in [-0.2, 0) is 11.3 Å². The summed E-state index contributed by atoms with van der Waals surface area (Å²) in [4.78, 5) is 15.0. The number of para-hydroxylation sites is 1. The zero-order valence-corrected chi connectivity index (χ0v) is 14.4. The Bertz CT molecular complexity index is 885. The van der Waals surface area contributed by atoms with Crippen LogP contribution in [0.1, 0.15) is 22.8 Å². The fraction of sp³-hybridized carbons (Fsp3) is 0.286. The van der Waals surface area contributed by atoms with Crippen molar-refractivity contribution < 1.29 is 9.53 Å². The highest BCUT2D eigenvalue weighted by Crippen LogP contribution is 2.24. The molecule has 0 spiro atoms. The Hall–Kier alpha value is -2.59. The summed E-state index contributed by atoms with van der Waals surface area (Å²) in [5.41, 5.74) is 3.10. The van der Waals surface area contributed by atoms with Crippen LogP contribution in [0.5, 0.6) is 0 Å². The Kier molecular flexibility index (Phi) is 4.28. The quantitative estimate of drug-likeness (QED) is 0.734. The third-order valence-corrected chi connectivity index (χ3v) is 4.74. The van der Waals surface area contributed by atoms with Gasteiger partial charge in [-0.05, 0) is 18.6 Å². The first kappa shape index (κ1) is 15.9. The van der Waals surface area contributed by atoms with Gasteiger partial charge in [0.1, 0.15) is 0 Å². The van der Waals surface area contributed by atoms with Crippen LogP contribution >= 0.6 is 0 Å². The molecule has 4 nitrogen and oxygen atoms in total. The fourth-order valence-corrected chi connectivity index (χ4v) is 3.50. The van der Waals surface area contributed by atoms with E-state index in [1.54, 1.807) is 0 Å². The summed E-state index contributed by atoms with van der Waals surface area (Å²) < 4.78 is 7.74. The molecule has 3 aromatic rings. The maximum Gasteiger partial charge on any atom is 0.256 e. The molecule has 2 heterocycles. The number of hydrogen-bond acceptors (Lipinski definition) is 2. The zero-order chi connectivity index (χ0) is 17.2. The molecule has 2 aromatic carbocycles. The monoisotopic (exact) mass is 334 g/mol. The van der Waals surface area contributed by atoms with Gasteiger partial charge in [0.25, 0.3) is 5.91 Å². The van der Waals surface area contributed by atoms with Crippen LogP contribution in [0.15, 0.2) is 60.8 Å². The molecule has 128 valence electrons. The van der Waals surface area contributed by atoms with Gasteiger partial charge in [-0.15, -0.1) is 0 Å². The molecule has 1 fully saturated rings. The number of hydrogen-bond donors (Lipinski definition) is 0. The Labute approximate surface area is 147 Å². The lowest BCUT2D eigenvalue weighted by molar-refractivity contribution is -0.0123. The Morgan fingerprint density at radius 3 is 2.68 bits per heavy atom. The van der Waals surface area contributed by atoms with Gasteiger partial charge in [0.15, 0.2) is 0 Å². The standard InChI is InChI=1S/C21H22N2O2/c1-16-13-22(11-12-25-16)21(24)19-15-23(14-17-7-3-2-4-8-17)20-10-6-5-9-18(19)20/h2-10,15-16H,11-14H2,1H3. The minimum atomic E-state index is 0.0929. The second-order valence-electron chi connectivity index (χ2n) is 6.61. The Balaban J connectivity index is 1.71. The number of carbonyl (C=O) groups is 1. The lowest BCUT2D eigenvalue weighted by Crippen LogP contribution is -2.44. The molecule has 1 aliphatic heterocycles. The zero-order valence-electron chi connectivity index (χ0n) is 14.4. The molecular weight excluding hydrogens is 312 g/mol. The molecule has 1 atom stereocenters. The highest BCUT2D eigenvalue weighted by molar-refractivity contribution is 6.07. The van der Waals surface area contributed by atoms with Crippen molar-refractivity contribution >= 4 is 16.8 Å². The molecule has 1 aliphatic rings. The van der Waals surface area contributed by atoms with Gasteiger partial charge in [0, 0.05) is 36.7 Å². The molecule has 0 aliphatic carbocycles. The molecule has 1 aromatic heterocycles. The second kappa shape index (κ2) is 6.73. The van der Waals surface area contributed by atoms with E-state index in [0.717, 1.165) is 23.0 Å². The minimum absolute atomic E-state index is 0.0929. The van der Waals surface area contributed by atoms with Crippen molar-refractivity contribution in [3.05, 3.63) is 71.9 Å². The van der Waals surface area contributed by atoms with E-state index in [1.807, 2.05) is 54.4 Å². The van der Waals surface area contributed by atoms with E-state index in [2.05, 4.69) is 22.8 Å². The van der Waals surface area contributed by atoms with E-state index < -0.39 is 0 Å². The van der Waals surface area contributed by atoms with Crippen LogP contribution in [0.3, 0.4) is 0 Å². The van der Waals surface area contributed by atoms with Crippen molar-refractivity contribution in [3.63, 3.8) is 0 Å². The molecule has 0 bridgehead atoms. The first-order valence-electron chi connectivity index (χ1n) is 8.75. The van der Waals surface area contributed by atoms with Crippen molar-refractivity contribution in [2.45, 2.75) is 19.6 Å². The summed E-state index contributed by atoms with van der Waals surface area (Å²) in [6.07, 6.45) is 2.09. The maximum absolute atomic E-state index is 13.1. The highest BCUT2D eigenvalue weighted by atomic mass is 16.5.